The summed E-state index contributed by atoms with van der Waals surface area (Å²) >= 11 is 0. The van der Waals surface area contributed by atoms with Gasteiger partial charge in [-0.3, -0.25) is 18.7 Å². The highest BCUT2D eigenvalue weighted by Gasteiger charge is 2.17. The Kier molecular flexibility index (Phi) is 8.27. The van der Waals surface area contributed by atoms with E-state index in [1.54, 1.807) is 38.3 Å². The van der Waals surface area contributed by atoms with Gasteiger partial charge in [-0.1, -0.05) is 0 Å². The molecule has 2 heterocycles. The molecule has 0 saturated carbocycles. The maximum absolute atomic E-state index is 12.9. The summed E-state index contributed by atoms with van der Waals surface area (Å²) in [5, 5.41) is 2.81. The largest absolute Gasteiger partial charge is 0.484 e. The van der Waals surface area contributed by atoms with Crippen LogP contribution >= 0.6 is 0 Å². The van der Waals surface area contributed by atoms with E-state index in [9.17, 15) is 14.4 Å². The molecule has 11 nitrogen and oxygen atoms in total. The van der Waals surface area contributed by atoms with Gasteiger partial charge in [-0.2, -0.15) is 0 Å². The molecule has 0 radical (unpaired) electrons. The van der Waals surface area contributed by atoms with Crippen LogP contribution in [0.3, 0.4) is 0 Å². The van der Waals surface area contributed by atoms with Crippen molar-refractivity contribution < 1.29 is 14.3 Å². The zero-order valence-electron chi connectivity index (χ0n) is 22.0. The maximum atomic E-state index is 12.9. The third-order valence-corrected chi connectivity index (χ3v) is 6.07. The second-order valence-corrected chi connectivity index (χ2v) is 8.92. The molecule has 0 spiro atoms. The van der Waals surface area contributed by atoms with E-state index in [2.05, 4.69) is 15.3 Å². The summed E-state index contributed by atoms with van der Waals surface area (Å²) in [5.74, 6) is 0.687. The number of imidazole rings is 1. The number of nitrogens with zero attached hydrogens (tertiary/aromatic N) is 4. The van der Waals surface area contributed by atoms with Gasteiger partial charge in [-0.05, 0) is 61.9 Å². The molecule has 0 atom stereocenters. The Bertz CT molecular complexity index is 1520. The predicted octanol–water partition coefficient (Wildman–Crippen LogP) is 2.69. The van der Waals surface area contributed by atoms with E-state index < -0.39 is 11.2 Å². The molecule has 2 aromatic heterocycles. The highest BCUT2D eigenvalue weighted by molar-refractivity contribution is 5.92. The summed E-state index contributed by atoms with van der Waals surface area (Å²) in [5.41, 5.74) is 2.21. The number of hydrogen-bond acceptors (Lipinski definition) is 7. The summed E-state index contributed by atoms with van der Waals surface area (Å²) in [6.45, 7) is 2.73. The van der Waals surface area contributed by atoms with Crippen LogP contribution in [-0.2, 0) is 22.6 Å². The van der Waals surface area contributed by atoms with Gasteiger partial charge >= 0.3 is 5.69 Å². The molecule has 0 aliphatic heterocycles. The molecule has 11 heteroatoms. The number of nitrogens with one attached hydrogen (secondary N) is 2. The standard InChI is InChI=1S/C27H32N6O5/c1-5-32-26(35)23-25(33(27(32)36)15-6-16-37-4)30-24(29-23)18-7-13-21(14-8-18)38-17-22(34)28-19-9-11-20(12-10-19)31(2)3/h7-14H,5-6,15-17H2,1-4H3,(H,28,34)(H,29,30). The van der Waals surface area contributed by atoms with Crippen molar-refractivity contribution in [1.82, 2.24) is 19.1 Å². The van der Waals surface area contributed by atoms with Gasteiger partial charge in [-0.25, -0.2) is 9.78 Å². The number of amides is 1. The van der Waals surface area contributed by atoms with E-state index in [0.717, 1.165) is 5.69 Å². The molecule has 0 saturated heterocycles. The number of carbonyl (C=O) groups is 1. The van der Waals surface area contributed by atoms with Gasteiger partial charge in [-0.15, -0.1) is 0 Å². The first kappa shape index (κ1) is 26.7. The van der Waals surface area contributed by atoms with Crippen LogP contribution in [0.1, 0.15) is 13.3 Å². The Morgan fingerprint density at radius 3 is 2.39 bits per heavy atom. The van der Waals surface area contributed by atoms with E-state index in [-0.39, 0.29) is 24.6 Å². The number of fused-ring (bicyclic) bond motifs is 1. The van der Waals surface area contributed by atoms with E-state index in [1.807, 2.05) is 43.3 Å². The zero-order valence-corrected chi connectivity index (χ0v) is 22.0. The fourth-order valence-electron chi connectivity index (χ4n) is 4.05. The van der Waals surface area contributed by atoms with Crippen LogP contribution in [-0.4, -0.2) is 59.4 Å². The van der Waals surface area contributed by atoms with Gasteiger partial charge in [0.25, 0.3) is 11.5 Å². The van der Waals surface area contributed by atoms with Gasteiger partial charge in [0.2, 0.25) is 0 Å². The topological polar surface area (TPSA) is 123 Å². The number of H-pyrrole nitrogens is 1. The monoisotopic (exact) mass is 520 g/mol. The van der Waals surface area contributed by atoms with Crippen molar-refractivity contribution in [3.05, 3.63) is 69.4 Å². The molecular weight excluding hydrogens is 488 g/mol. The highest BCUT2D eigenvalue weighted by atomic mass is 16.5. The lowest BCUT2D eigenvalue weighted by Gasteiger charge is -2.13. The predicted molar refractivity (Wildman–Crippen MR) is 147 cm³/mol. The fourth-order valence-corrected chi connectivity index (χ4v) is 4.05. The highest BCUT2D eigenvalue weighted by Crippen LogP contribution is 2.22. The Hall–Kier alpha value is -4.38. The minimum Gasteiger partial charge on any atom is -0.484 e. The average molecular weight is 521 g/mol. The normalized spacial score (nSPS) is 11.1. The second kappa shape index (κ2) is 11.8. The van der Waals surface area contributed by atoms with E-state index in [0.29, 0.717) is 48.0 Å². The summed E-state index contributed by atoms with van der Waals surface area (Å²) in [6.07, 6.45) is 0.608. The molecule has 0 fully saturated rings. The third kappa shape index (κ3) is 5.78. The minimum atomic E-state index is -0.406. The van der Waals surface area contributed by atoms with Crippen LogP contribution in [0.4, 0.5) is 11.4 Å². The van der Waals surface area contributed by atoms with Gasteiger partial charge in [0.05, 0.1) is 0 Å². The molecule has 38 heavy (non-hydrogen) atoms. The van der Waals surface area contributed by atoms with Crippen LogP contribution in [0.15, 0.2) is 58.1 Å². The van der Waals surface area contributed by atoms with E-state index >= 15 is 0 Å². The number of benzene rings is 2. The summed E-state index contributed by atoms with van der Waals surface area (Å²) in [7, 11) is 5.50. The van der Waals surface area contributed by atoms with Gasteiger partial charge in [0.1, 0.15) is 17.1 Å². The first-order chi connectivity index (χ1) is 18.3. The zero-order chi connectivity index (χ0) is 27.2. The van der Waals surface area contributed by atoms with Crippen molar-refractivity contribution in [3.63, 3.8) is 0 Å². The van der Waals surface area contributed by atoms with Crippen molar-refractivity contribution in [2.75, 3.05) is 44.6 Å². The molecule has 4 rings (SSSR count). The van der Waals surface area contributed by atoms with Crippen LogP contribution < -0.4 is 26.2 Å². The second-order valence-electron chi connectivity index (χ2n) is 8.92. The van der Waals surface area contributed by atoms with Crippen molar-refractivity contribution in [2.45, 2.75) is 26.4 Å². The molecule has 0 aliphatic carbocycles. The van der Waals surface area contributed by atoms with Crippen molar-refractivity contribution in [3.8, 4) is 17.1 Å². The number of aryl methyl sites for hydroxylation is 1. The lowest BCUT2D eigenvalue weighted by molar-refractivity contribution is -0.118. The summed E-state index contributed by atoms with van der Waals surface area (Å²) < 4.78 is 13.4. The smallest absolute Gasteiger partial charge is 0.332 e. The summed E-state index contributed by atoms with van der Waals surface area (Å²) in [6, 6.07) is 14.5. The first-order valence-corrected chi connectivity index (χ1v) is 12.3. The van der Waals surface area contributed by atoms with Crippen LogP contribution in [0.5, 0.6) is 5.75 Å². The summed E-state index contributed by atoms with van der Waals surface area (Å²) in [4.78, 5) is 47.7. The number of aromatic amines is 1. The Morgan fingerprint density at radius 1 is 1.05 bits per heavy atom. The van der Waals surface area contributed by atoms with Gasteiger partial charge in [0.15, 0.2) is 12.3 Å². The lowest BCUT2D eigenvalue weighted by atomic mass is 10.2. The molecule has 0 unspecified atom stereocenters. The average Bonchev–Trinajstić information content (AvgIpc) is 3.36. The van der Waals surface area contributed by atoms with Crippen LogP contribution in [0.25, 0.3) is 22.6 Å². The number of hydrogen-bond donors (Lipinski definition) is 2. The number of aromatic nitrogens is 4. The Balaban J connectivity index is 1.47. The maximum Gasteiger partial charge on any atom is 0.332 e. The fraction of sp³-hybridized carbons (Fsp3) is 0.333. The number of carbonyl (C=O) groups excluding carboxylic acids is 1. The van der Waals surface area contributed by atoms with E-state index in [4.69, 9.17) is 9.47 Å². The molecule has 4 aromatic rings. The molecule has 200 valence electrons. The number of rotatable bonds is 11. The number of anilines is 2. The van der Waals surface area contributed by atoms with Gasteiger partial charge in [0, 0.05) is 57.8 Å². The van der Waals surface area contributed by atoms with Crippen LogP contribution in [0.2, 0.25) is 0 Å². The number of methoxy groups -OCH3 is 1. The molecule has 0 aliphatic rings. The molecule has 1 amide bonds. The molecule has 2 N–H and O–H groups in total. The number of ether oxygens (including phenoxy) is 2. The third-order valence-electron chi connectivity index (χ3n) is 6.07. The molecular formula is C27H32N6O5. The van der Waals surface area contributed by atoms with Crippen molar-refractivity contribution in [1.29, 1.82) is 0 Å². The quantitative estimate of drug-likeness (QED) is 0.292. The first-order valence-electron chi connectivity index (χ1n) is 12.3. The molecule has 2 aromatic carbocycles. The van der Waals surface area contributed by atoms with E-state index in [1.165, 1.54) is 9.13 Å². The lowest BCUT2D eigenvalue weighted by Crippen LogP contribution is -2.39. The molecule has 0 bridgehead atoms. The van der Waals surface area contributed by atoms with Crippen molar-refractivity contribution in [2.24, 2.45) is 0 Å². The van der Waals surface area contributed by atoms with Crippen molar-refractivity contribution >= 4 is 28.4 Å². The Labute approximate surface area is 219 Å². The minimum absolute atomic E-state index is 0.149. The Morgan fingerprint density at radius 2 is 1.76 bits per heavy atom. The van der Waals surface area contributed by atoms with Crippen LogP contribution in [0, 0.1) is 0 Å². The SMILES string of the molecule is CCn1c(=O)c2[nH]c(-c3ccc(OCC(=O)Nc4ccc(N(C)C)cc4)cc3)nc2n(CCCOC)c1=O. The van der Waals surface area contributed by atoms with Gasteiger partial charge < -0.3 is 24.7 Å².